The summed E-state index contributed by atoms with van der Waals surface area (Å²) in [5.74, 6) is -0.600. The molecule has 1 atom stereocenters. The van der Waals surface area contributed by atoms with E-state index in [-0.39, 0.29) is 7.43 Å². The number of aliphatic hydroxyl groups is 1. The molecule has 1 fully saturated rings. The van der Waals surface area contributed by atoms with Crippen molar-refractivity contribution in [2.45, 2.75) is 39.8 Å². The minimum atomic E-state index is -0.645. The number of ether oxygens (including phenoxy) is 2. The predicted octanol–water partition coefficient (Wildman–Crippen LogP) is 1.11. The van der Waals surface area contributed by atoms with Crippen molar-refractivity contribution in [3.05, 3.63) is 0 Å². The Bertz CT molecular complexity index is 101. The molecule has 0 aliphatic carbocycles. The van der Waals surface area contributed by atoms with Crippen LogP contribution in [-0.2, 0) is 9.47 Å². The van der Waals surface area contributed by atoms with Gasteiger partial charge in [-0.2, -0.15) is 0 Å². The molecular weight excluding hydrogens is 132 g/mol. The van der Waals surface area contributed by atoms with Crippen LogP contribution in [0.2, 0.25) is 0 Å². The third-order valence-corrected chi connectivity index (χ3v) is 1.23. The van der Waals surface area contributed by atoms with Crippen LogP contribution in [0.25, 0.3) is 0 Å². The van der Waals surface area contributed by atoms with Gasteiger partial charge in [0.2, 0.25) is 0 Å². The Morgan fingerprint density at radius 3 is 2.40 bits per heavy atom. The molecule has 1 unspecified atom stereocenters. The van der Waals surface area contributed by atoms with Crippen molar-refractivity contribution in [3.8, 4) is 0 Å². The maximum Gasteiger partial charge on any atom is 0.165 e. The fourth-order valence-corrected chi connectivity index (χ4v) is 0.826. The van der Waals surface area contributed by atoms with E-state index in [4.69, 9.17) is 14.6 Å². The zero-order valence-electron chi connectivity index (χ0n) is 5.76. The lowest BCUT2D eigenvalue weighted by atomic mass is 10.3. The third-order valence-electron chi connectivity index (χ3n) is 1.23. The number of hydrogen-bond acceptors (Lipinski definition) is 3. The van der Waals surface area contributed by atoms with E-state index < -0.39 is 12.1 Å². The van der Waals surface area contributed by atoms with Gasteiger partial charge in [-0.05, 0) is 13.8 Å². The normalized spacial score (nSPS) is 30.9. The topological polar surface area (TPSA) is 38.7 Å². The van der Waals surface area contributed by atoms with Crippen LogP contribution < -0.4 is 0 Å². The number of rotatable bonds is 0. The van der Waals surface area contributed by atoms with Crippen molar-refractivity contribution >= 4 is 0 Å². The summed E-state index contributed by atoms with van der Waals surface area (Å²) in [4.78, 5) is 0. The highest BCUT2D eigenvalue weighted by Crippen LogP contribution is 2.19. The van der Waals surface area contributed by atoms with Crippen LogP contribution in [0.15, 0.2) is 0 Å². The first-order valence-electron chi connectivity index (χ1n) is 3.10. The first kappa shape index (κ1) is 9.88. The van der Waals surface area contributed by atoms with E-state index in [1.54, 1.807) is 13.8 Å². The Morgan fingerprint density at radius 2 is 2.10 bits per heavy atom. The van der Waals surface area contributed by atoms with Gasteiger partial charge in [-0.1, -0.05) is 7.43 Å². The monoisotopic (exact) mass is 148 g/mol. The predicted molar refractivity (Wildman–Crippen MR) is 38.5 cm³/mol. The molecule has 1 heterocycles. The van der Waals surface area contributed by atoms with E-state index in [1.165, 1.54) is 0 Å². The fraction of sp³-hybridized carbons (Fsp3) is 1.00. The first-order valence-corrected chi connectivity index (χ1v) is 3.10. The second-order valence-corrected chi connectivity index (χ2v) is 2.61. The van der Waals surface area contributed by atoms with Crippen molar-refractivity contribution in [1.82, 2.24) is 0 Å². The highest BCUT2D eigenvalue weighted by atomic mass is 16.8. The van der Waals surface area contributed by atoms with Gasteiger partial charge in [-0.15, -0.1) is 0 Å². The maximum absolute atomic E-state index is 8.94. The van der Waals surface area contributed by atoms with Crippen molar-refractivity contribution in [3.63, 3.8) is 0 Å². The van der Waals surface area contributed by atoms with Gasteiger partial charge >= 0.3 is 0 Å². The van der Waals surface area contributed by atoms with Gasteiger partial charge in [0.15, 0.2) is 12.1 Å². The maximum atomic E-state index is 8.94. The Labute approximate surface area is 62.0 Å². The molecule has 62 valence electrons. The Kier molecular flexibility index (Phi) is 3.28. The minimum Gasteiger partial charge on any atom is -0.368 e. The third kappa shape index (κ3) is 2.64. The summed E-state index contributed by atoms with van der Waals surface area (Å²) in [5, 5.41) is 8.94. The summed E-state index contributed by atoms with van der Waals surface area (Å²) in [6, 6.07) is 0. The van der Waals surface area contributed by atoms with E-state index in [1.807, 2.05) is 0 Å². The molecule has 0 spiro atoms. The summed E-state index contributed by atoms with van der Waals surface area (Å²) in [7, 11) is 0. The highest BCUT2D eigenvalue weighted by Gasteiger charge is 2.27. The standard InChI is InChI=1S/C6H12O3.CH4/c1-6(2)8-4-3-5(7)9-6;/h5,7H,3-4H2,1-2H3;1H4. The average Bonchev–Trinajstić information content (AvgIpc) is 1.60. The van der Waals surface area contributed by atoms with E-state index in [2.05, 4.69) is 0 Å². The van der Waals surface area contributed by atoms with Crippen LogP contribution >= 0.6 is 0 Å². The Balaban J connectivity index is 0.000000810. The molecule has 0 amide bonds. The van der Waals surface area contributed by atoms with Gasteiger partial charge in [0.05, 0.1) is 6.61 Å². The molecule has 0 aromatic rings. The van der Waals surface area contributed by atoms with Crippen LogP contribution in [0.4, 0.5) is 0 Å². The van der Waals surface area contributed by atoms with Gasteiger partial charge in [0.25, 0.3) is 0 Å². The molecule has 0 saturated carbocycles. The quantitative estimate of drug-likeness (QED) is 0.559. The lowest BCUT2D eigenvalue weighted by Crippen LogP contribution is -2.39. The zero-order valence-corrected chi connectivity index (χ0v) is 5.76. The van der Waals surface area contributed by atoms with Crippen LogP contribution in [0.5, 0.6) is 0 Å². The fourth-order valence-electron chi connectivity index (χ4n) is 0.826. The average molecular weight is 148 g/mol. The van der Waals surface area contributed by atoms with Crippen molar-refractivity contribution < 1.29 is 14.6 Å². The largest absolute Gasteiger partial charge is 0.368 e. The van der Waals surface area contributed by atoms with Crippen LogP contribution in [0, 0.1) is 0 Å². The van der Waals surface area contributed by atoms with E-state index in [9.17, 15) is 0 Å². The molecule has 10 heavy (non-hydrogen) atoms. The van der Waals surface area contributed by atoms with Crippen LogP contribution in [0.1, 0.15) is 27.7 Å². The molecule has 3 heteroatoms. The molecule has 1 N–H and O–H groups in total. The molecule has 1 saturated heterocycles. The van der Waals surface area contributed by atoms with Crippen LogP contribution in [-0.4, -0.2) is 23.8 Å². The summed E-state index contributed by atoms with van der Waals surface area (Å²) in [6.07, 6.45) is -0.0718. The van der Waals surface area contributed by atoms with Gasteiger partial charge < -0.3 is 14.6 Å². The SMILES string of the molecule is C.CC1(C)OCCC(O)O1. The number of hydrogen-bond donors (Lipinski definition) is 1. The lowest BCUT2D eigenvalue weighted by Gasteiger charge is -2.33. The Morgan fingerprint density at radius 1 is 1.50 bits per heavy atom. The molecule has 0 aromatic heterocycles. The lowest BCUT2D eigenvalue weighted by molar-refractivity contribution is -0.319. The van der Waals surface area contributed by atoms with Gasteiger partial charge in [-0.25, -0.2) is 0 Å². The summed E-state index contributed by atoms with van der Waals surface area (Å²) >= 11 is 0. The molecule has 0 bridgehead atoms. The van der Waals surface area contributed by atoms with E-state index in [0.29, 0.717) is 13.0 Å². The summed E-state index contributed by atoms with van der Waals surface area (Å²) in [6.45, 7) is 4.15. The molecule has 3 nitrogen and oxygen atoms in total. The number of aliphatic hydroxyl groups excluding tert-OH is 1. The molecule has 1 aliphatic rings. The minimum absolute atomic E-state index is 0. The van der Waals surface area contributed by atoms with E-state index in [0.717, 1.165) is 0 Å². The van der Waals surface area contributed by atoms with Gasteiger partial charge in [0, 0.05) is 6.42 Å². The summed E-state index contributed by atoms with van der Waals surface area (Å²) < 4.78 is 10.2. The van der Waals surface area contributed by atoms with Gasteiger partial charge in [0.1, 0.15) is 0 Å². The highest BCUT2D eigenvalue weighted by molar-refractivity contribution is 4.60. The molecule has 1 rings (SSSR count). The van der Waals surface area contributed by atoms with Crippen molar-refractivity contribution in [1.29, 1.82) is 0 Å². The van der Waals surface area contributed by atoms with E-state index >= 15 is 0 Å². The zero-order chi connectivity index (χ0) is 6.91. The Hall–Kier alpha value is -0.120. The second-order valence-electron chi connectivity index (χ2n) is 2.61. The molecule has 0 radical (unpaired) electrons. The van der Waals surface area contributed by atoms with Crippen molar-refractivity contribution in [2.75, 3.05) is 6.61 Å². The molecule has 1 aliphatic heterocycles. The smallest absolute Gasteiger partial charge is 0.165 e. The van der Waals surface area contributed by atoms with Crippen molar-refractivity contribution in [2.24, 2.45) is 0 Å². The van der Waals surface area contributed by atoms with Gasteiger partial charge in [-0.3, -0.25) is 0 Å². The molecule has 0 aromatic carbocycles. The van der Waals surface area contributed by atoms with Crippen LogP contribution in [0.3, 0.4) is 0 Å². The molecular formula is C7H16O3. The second kappa shape index (κ2) is 3.32. The first-order chi connectivity index (χ1) is 4.10. The summed E-state index contributed by atoms with van der Waals surface area (Å²) in [5.41, 5.74) is 0.